The van der Waals surface area contributed by atoms with Crippen LogP contribution in [0.2, 0.25) is 0 Å². The summed E-state index contributed by atoms with van der Waals surface area (Å²) in [4.78, 5) is 11.1. The second-order valence-corrected chi connectivity index (χ2v) is 5.92. The molecule has 0 N–H and O–H groups in total. The lowest BCUT2D eigenvalue weighted by atomic mass is 10.0. The fraction of sp³-hybridized carbons (Fsp3) is 0.211. The van der Waals surface area contributed by atoms with Crippen LogP contribution in [0, 0.1) is 5.92 Å². The molecule has 2 rings (SSSR count). The number of carbonyl (C=O) groups is 1. The largest absolute Gasteiger partial charge is 0.276 e. The molecule has 0 aromatic heterocycles. The first kappa shape index (κ1) is 15.5. The maximum Gasteiger partial charge on any atom is 0.252 e. The molecule has 0 heterocycles. The molecule has 0 aliphatic heterocycles. The molecule has 0 radical (unpaired) electrons. The molecule has 2 heteroatoms. The van der Waals surface area contributed by atoms with Crippen LogP contribution in [0.3, 0.4) is 0 Å². The Morgan fingerprint density at radius 1 is 1.05 bits per heavy atom. The Balaban J connectivity index is 2.10. The summed E-state index contributed by atoms with van der Waals surface area (Å²) in [5.41, 5.74) is 3.99. The zero-order valence-corrected chi connectivity index (χ0v) is 13.1. The number of hydrogen-bond donors (Lipinski definition) is 0. The predicted molar refractivity (Wildman–Crippen MR) is 90.5 cm³/mol. The van der Waals surface area contributed by atoms with Crippen LogP contribution in [0.1, 0.15) is 40.9 Å². The molecule has 0 unspecified atom stereocenters. The highest BCUT2D eigenvalue weighted by molar-refractivity contribution is 6.67. The maximum atomic E-state index is 11.1. The van der Waals surface area contributed by atoms with Gasteiger partial charge in [0.15, 0.2) is 0 Å². The SMILES string of the molecule is CC(C)Cc1ccc(/C=C\c2cccc(C(=O)Cl)c2)cc1. The Morgan fingerprint density at radius 3 is 2.33 bits per heavy atom. The van der Waals surface area contributed by atoms with Gasteiger partial charge in [-0.05, 0) is 46.7 Å². The number of benzene rings is 2. The van der Waals surface area contributed by atoms with Crippen LogP contribution >= 0.6 is 11.6 Å². The van der Waals surface area contributed by atoms with Crippen LogP contribution in [-0.2, 0) is 6.42 Å². The fourth-order valence-electron chi connectivity index (χ4n) is 2.19. The van der Waals surface area contributed by atoms with Gasteiger partial charge in [0.05, 0.1) is 0 Å². The summed E-state index contributed by atoms with van der Waals surface area (Å²) < 4.78 is 0. The van der Waals surface area contributed by atoms with Crippen molar-refractivity contribution < 1.29 is 4.79 Å². The van der Waals surface area contributed by atoms with Gasteiger partial charge in [0.25, 0.3) is 5.24 Å². The summed E-state index contributed by atoms with van der Waals surface area (Å²) in [5.74, 6) is 0.669. The zero-order valence-electron chi connectivity index (χ0n) is 12.3. The lowest BCUT2D eigenvalue weighted by Crippen LogP contribution is -1.93. The van der Waals surface area contributed by atoms with Crippen molar-refractivity contribution in [3.8, 4) is 0 Å². The summed E-state index contributed by atoms with van der Waals surface area (Å²) in [6.07, 6.45) is 5.13. The summed E-state index contributed by atoms with van der Waals surface area (Å²) in [7, 11) is 0. The van der Waals surface area contributed by atoms with Crippen LogP contribution < -0.4 is 0 Å². The van der Waals surface area contributed by atoms with E-state index in [1.54, 1.807) is 12.1 Å². The van der Waals surface area contributed by atoms with Gasteiger partial charge in [-0.2, -0.15) is 0 Å². The lowest BCUT2D eigenvalue weighted by Gasteiger charge is -2.04. The molecule has 108 valence electrons. The third-order valence-electron chi connectivity index (χ3n) is 3.21. The van der Waals surface area contributed by atoms with Crippen molar-refractivity contribution in [2.45, 2.75) is 20.3 Å². The van der Waals surface area contributed by atoms with E-state index in [-0.39, 0.29) is 0 Å². The van der Waals surface area contributed by atoms with E-state index in [4.69, 9.17) is 11.6 Å². The molecule has 0 amide bonds. The highest BCUT2D eigenvalue weighted by Crippen LogP contribution is 2.14. The minimum absolute atomic E-state index is 0.428. The molecule has 0 saturated heterocycles. The predicted octanol–water partition coefficient (Wildman–Crippen LogP) is 5.43. The zero-order chi connectivity index (χ0) is 15.2. The summed E-state index contributed by atoms with van der Waals surface area (Å²) >= 11 is 5.49. The third-order valence-corrected chi connectivity index (χ3v) is 3.42. The van der Waals surface area contributed by atoms with Gasteiger partial charge in [-0.15, -0.1) is 0 Å². The molecule has 21 heavy (non-hydrogen) atoms. The second-order valence-electron chi connectivity index (χ2n) is 5.57. The highest BCUT2D eigenvalue weighted by Gasteiger charge is 2.00. The first-order chi connectivity index (χ1) is 10.0. The van der Waals surface area contributed by atoms with E-state index >= 15 is 0 Å². The smallest absolute Gasteiger partial charge is 0.252 e. The quantitative estimate of drug-likeness (QED) is 0.531. The summed E-state index contributed by atoms with van der Waals surface area (Å²) in [6, 6.07) is 15.9. The van der Waals surface area contributed by atoms with Crippen molar-refractivity contribution in [3.63, 3.8) is 0 Å². The Labute approximate surface area is 131 Å². The molecule has 2 aromatic rings. The molecule has 1 nitrogen and oxygen atoms in total. The molecule has 0 fully saturated rings. The first-order valence-electron chi connectivity index (χ1n) is 7.11. The number of halogens is 1. The Morgan fingerprint density at radius 2 is 1.71 bits per heavy atom. The van der Waals surface area contributed by atoms with Gasteiger partial charge in [-0.3, -0.25) is 4.79 Å². The van der Waals surface area contributed by atoms with E-state index in [9.17, 15) is 4.79 Å². The Bertz CT molecular complexity index is 639. The van der Waals surface area contributed by atoms with E-state index in [2.05, 4.69) is 38.1 Å². The molecule has 0 aliphatic carbocycles. The van der Waals surface area contributed by atoms with E-state index in [1.165, 1.54) is 5.56 Å². The van der Waals surface area contributed by atoms with Gasteiger partial charge in [-0.1, -0.05) is 68.5 Å². The van der Waals surface area contributed by atoms with Crippen molar-refractivity contribution in [1.29, 1.82) is 0 Å². The molecule has 0 spiro atoms. The highest BCUT2D eigenvalue weighted by atomic mass is 35.5. The van der Waals surface area contributed by atoms with Crippen LogP contribution in [0.5, 0.6) is 0 Å². The summed E-state index contributed by atoms with van der Waals surface area (Å²) in [6.45, 7) is 4.44. The number of rotatable bonds is 5. The maximum absolute atomic E-state index is 11.1. The first-order valence-corrected chi connectivity index (χ1v) is 7.49. The Hall–Kier alpha value is -1.86. The minimum atomic E-state index is -0.428. The molecule has 0 atom stereocenters. The topological polar surface area (TPSA) is 17.1 Å². The average molecular weight is 299 g/mol. The average Bonchev–Trinajstić information content (AvgIpc) is 2.46. The Kier molecular flexibility index (Phi) is 5.35. The van der Waals surface area contributed by atoms with Crippen molar-refractivity contribution in [2.75, 3.05) is 0 Å². The number of hydrogen-bond acceptors (Lipinski definition) is 1. The summed E-state index contributed by atoms with van der Waals surface area (Å²) in [5, 5.41) is -0.428. The molecule has 2 aromatic carbocycles. The molecular weight excluding hydrogens is 280 g/mol. The van der Waals surface area contributed by atoms with Crippen LogP contribution in [0.4, 0.5) is 0 Å². The van der Waals surface area contributed by atoms with Crippen LogP contribution in [0.25, 0.3) is 12.2 Å². The standard InChI is InChI=1S/C19H19ClO/c1-14(2)12-17-10-7-15(8-11-17)6-9-16-4-3-5-18(13-16)19(20)21/h3-11,13-14H,12H2,1-2H3/b9-6-. The second kappa shape index (κ2) is 7.24. The van der Waals surface area contributed by atoms with Gasteiger partial charge in [0, 0.05) is 5.56 Å². The van der Waals surface area contributed by atoms with Crippen molar-refractivity contribution in [3.05, 3.63) is 70.8 Å². The van der Waals surface area contributed by atoms with Gasteiger partial charge in [0.1, 0.15) is 0 Å². The van der Waals surface area contributed by atoms with Gasteiger partial charge >= 0.3 is 0 Å². The molecule has 0 bridgehead atoms. The van der Waals surface area contributed by atoms with E-state index < -0.39 is 5.24 Å². The van der Waals surface area contributed by atoms with Gasteiger partial charge in [0.2, 0.25) is 0 Å². The number of carbonyl (C=O) groups excluding carboxylic acids is 1. The van der Waals surface area contributed by atoms with Crippen molar-refractivity contribution in [1.82, 2.24) is 0 Å². The van der Waals surface area contributed by atoms with Crippen molar-refractivity contribution >= 4 is 29.0 Å². The molecule has 0 aliphatic rings. The van der Waals surface area contributed by atoms with Crippen LogP contribution in [-0.4, -0.2) is 5.24 Å². The lowest BCUT2D eigenvalue weighted by molar-refractivity contribution is 0.108. The van der Waals surface area contributed by atoms with Crippen molar-refractivity contribution in [2.24, 2.45) is 5.92 Å². The normalized spacial score (nSPS) is 11.2. The van der Waals surface area contributed by atoms with E-state index in [0.717, 1.165) is 17.5 Å². The minimum Gasteiger partial charge on any atom is -0.276 e. The van der Waals surface area contributed by atoms with E-state index in [1.807, 2.05) is 24.3 Å². The fourth-order valence-corrected chi connectivity index (χ4v) is 2.31. The van der Waals surface area contributed by atoms with Gasteiger partial charge < -0.3 is 0 Å². The van der Waals surface area contributed by atoms with Crippen LogP contribution in [0.15, 0.2) is 48.5 Å². The monoisotopic (exact) mass is 298 g/mol. The molecule has 0 saturated carbocycles. The molecular formula is C19H19ClO. The van der Waals surface area contributed by atoms with E-state index in [0.29, 0.717) is 11.5 Å². The van der Waals surface area contributed by atoms with Gasteiger partial charge in [-0.25, -0.2) is 0 Å². The third kappa shape index (κ3) is 4.87.